The molecule has 4 aromatic rings. The van der Waals surface area contributed by atoms with Crippen LogP contribution in [0.3, 0.4) is 0 Å². The first-order chi connectivity index (χ1) is 9.90. The van der Waals surface area contributed by atoms with E-state index in [-0.39, 0.29) is 17.0 Å². The van der Waals surface area contributed by atoms with Gasteiger partial charge in [-0.15, -0.1) is 28.3 Å². The van der Waals surface area contributed by atoms with Gasteiger partial charge in [-0.2, -0.15) is 5.10 Å². The van der Waals surface area contributed by atoms with Gasteiger partial charge >= 0.3 is 0 Å². The Morgan fingerprint density at radius 2 is 1.86 bits per heavy atom. The molecule has 21 heavy (non-hydrogen) atoms. The molecule has 6 heteroatoms. The number of hydrogen-bond acceptors (Lipinski definition) is 4. The summed E-state index contributed by atoms with van der Waals surface area (Å²) in [6, 6.07) is 14.7. The number of aromatic amines is 1. The Labute approximate surface area is 135 Å². The fourth-order valence-electron chi connectivity index (χ4n) is 2.17. The van der Waals surface area contributed by atoms with Crippen molar-refractivity contribution in [3.05, 3.63) is 54.2 Å². The molecule has 0 aliphatic heterocycles. The van der Waals surface area contributed by atoms with E-state index in [9.17, 15) is 0 Å². The van der Waals surface area contributed by atoms with Crippen LogP contribution < -0.4 is 0 Å². The molecule has 0 saturated carbocycles. The van der Waals surface area contributed by atoms with Crippen molar-refractivity contribution in [1.82, 2.24) is 20.2 Å². The summed E-state index contributed by atoms with van der Waals surface area (Å²) in [6.45, 7) is 0. The van der Waals surface area contributed by atoms with E-state index in [0.29, 0.717) is 5.82 Å². The highest BCUT2D eigenvalue weighted by Crippen LogP contribution is 2.28. The van der Waals surface area contributed by atoms with E-state index >= 15 is 0 Å². The Bertz CT molecular complexity index is 870. The summed E-state index contributed by atoms with van der Waals surface area (Å²) in [5.74, 6) is 0.710. The maximum atomic E-state index is 4.61. The summed E-state index contributed by atoms with van der Waals surface area (Å²) < 4.78 is 0. The molecular weight excluding hydrogens is 348 g/mol. The third-order valence-electron chi connectivity index (χ3n) is 3.17. The van der Waals surface area contributed by atoms with Gasteiger partial charge < -0.3 is 0 Å². The van der Waals surface area contributed by atoms with Crippen molar-refractivity contribution in [3.63, 3.8) is 0 Å². The van der Waals surface area contributed by atoms with Gasteiger partial charge in [0.05, 0.1) is 5.69 Å². The van der Waals surface area contributed by atoms with Gasteiger partial charge in [0, 0.05) is 10.9 Å². The van der Waals surface area contributed by atoms with Crippen LogP contribution in [0.4, 0.5) is 0 Å². The minimum atomic E-state index is 0. The summed E-state index contributed by atoms with van der Waals surface area (Å²) in [4.78, 5) is 8.74. The third kappa shape index (κ3) is 2.59. The number of nitrogens with one attached hydrogen (secondary N) is 1. The molecule has 2 aromatic heterocycles. The van der Waals surface area contributed by atoms with Crippen LogP contribution in [0.5, 0.6) is 0 Å². The van der Waals surface area contributed by atoms with Gasteiger partial charge in [-0.1, -0.05) is 36.4 Å². The predicted octanol–water partition coefficient (Wildman–Crippen LogP) is 4.33. The normalized spacial score (nSPS) is 10.5. The van der Waals surface area contributed by atoms with Crippen LogP contribution in [0.15, 0.2) is 54.2 Å². The van der Waals surface area contributed by atoms with Crippen molar-refractivity contribution in [2.75, 3.05) is 0 Å². The maximum absolute atomic E-state index is 4.61. The second kappa shape index (κ2) is 5.75. The first-order valence-corrected chi connectivity index (χ1v) is 7.08. The van der Waals surface area contributed by atoms with E-state index in [2.05, 4.69) is 50.5 Å². The average molecular weight is 359 g/mol. The molecule has 0 spiro atoms. The molecule has 0 radical (unpaired) electrons. The van der Waals surface area contributed by atoms with E-state index in [1.807, 2.05) is 17.5 Å². The van der Waals surface area contributed by atoms with Crippen molar-refractivity contribution in [2.45, 2.75) is 0 Å². The second-order valence-corrected chi connectivity index (χ2v) is 5.29. The molecule has 4 nitrogen and oxygen atoms in total. The molecule has 0 unspecified atom stereocenters. The van der Waals surface area contributed by atoms with Crippen LogP contribution >= 0.6 is 28.3 Å². The van der Waals surface area contributed by atoms with E-state index in [1.165, 1.54) is 17.1 Å². The van der Waals surface area contributed by atoms with Crippen LogP contribution in [0, 0.1) is 0 Å². The van der Waals surface area contributed by atoms with Gasteiger partial charge in [-0.05, 0) is 16.8 Å². The highest BCUT2D eigenvalue weighted by atomic mass is 79.9. The monoisotopic (exact) mass is 358 g/mol. The first kappa shape index (κ1) is 13.9. The van der Waals surface area contributed by atoms with Gasteiger partial charge in [0.1, 0.15) is 6.33 Å². The van der Waals surface area contributed by atoms with Gasteiger partial charge in [0.15, 0.2) is 10.8 Å². The van der Waals surface area contributed by atoms with E-state index < -0.39 is 0 Å². The molecule has 0 aliphatic carbocycles. The van der Waals surface area contributed by atoms with Crippen LogP contribution in [0.1, 0.15) is 0 Å². The fraction of sp³-hybridized carbons (Fsp3) is 0. The van der Waals surface area contributed by atoms with Crippen molar-refractivity contribution in [2.24, 2.45) is 0 Å². The number of rotatable bonds is 2. The first-order valence-electron chi connectivity index (χ1n) is 6.20. The van der Waals surface area contributed by atoms with Crippen LogP contribution in [0.25, 0.3) is 32.9 Å². The van der Waals surface area contributed by atoms with Gasteiger partial charge in [-0.25, -0.2) is 9.97 Å². The number of H-pyrrole nitrogens is 1. The van der Waals surface area contributed by atoms with Gasteiger partial charge in [0.2, 0.25) is 0 Å². The van der Waals surface area contributed by atoms with Crippen molar-refractivity contribution >= 4 is 39.1 Å². The molecule has 0 bridgehead atoms. The maximum Gasteiger partial charge on any atom is 0.184 e. The van der Waals surface area contributed by atoms with Gasteiger partial charge in [0.25, 0.3) is 0 Å². The Balaban J connectivity index is 0.00000132. The van der Waals surface area contributed by atoms with Crippen LogP contribution in [-0.4, -0.2) is 20.2 Å². The topological polar surface area (TPSA) is 54.5 Å². The smallest absolute Gasteiger partial charge is 0.184 e. The zero-order valence-corrected chi connectivity index (χ0v) is 13.4. The molecule has 2 aromatic carbocycles. The highest BCUT2D eigenvalue weighted by molar-refractivity contribution is 8.93. The number of halogens is 1. The molecule has 0 saturated heterocycles. The molecule has 0 fully saturated rings. The molecule has 0 aliphatic rings. The largest absolute Gasteiger partial charge is 0.257 e. The minimum absolute atomic E-state index is 0. The van der Waals surface area contributed by atoms with Gasteiger partial charge in [-0.3, -0.25) is 5.10 Å². The Hall–Kier alpha value is -2.05. The number of thiazole rings is 1. The summed E-state index contributed by atoms with van der Waals surface area (Å²) in [7, 11) is 0. The Morgan fingerprint density at radius 1 is 1.00 bits per heavy atom. The fourth-order valence-corrected chi connectivity index (χ4v) is 2.95. The molecule has 0 atom stereocenters. The lowest BCUT2D eigenvalue weighted by molar-refractivity contribution is 1.09. The summed E-state index contributed by atoms with van der Waals surface area (Å²) in [5.41, 5.74) is 2.08. The zero-order valence-electron chi connectivity index (χ0n) is 10.9. The van der Waals surface area contributed by atoms with E-state index in [4.69, 9.17) is 0 Å². The number of fused-ring (bicyclic) bond motifs is 1. The molecular formula is C15H11BrN4S. The molecule has 1 N–H and O–H groups in total. The molecule has 2 heterocycles. The number of aromatic nitrogens is 4. The van der Waals surface area contributed by atoms with Crippen LogP contribution in [0.2, 0.25) is 0 Å². The third-order valence-corrected chi connectivity index (χ3v) is 4.02. The van der Waals surface area contributed by atoms with Crippen molar-refractivity contribution in [3.8, 4) is 22.1 Å². The van der Waals surface area contributed by atoms with Crippen LogP contribution in [-0.2, 0) is 0 Å². The lowest BCUT2D eigenvalue weighted by Gasteiger charge is -2.00. The lowest BCUT2D eigenvalue weighted by Crippen LogP contribution is -1.82. The molecule has 104 valence electrons. The summed E-state index contributed by atoms with van der Waals surface area (Å²) in [5, 5.41) is 12.0. The standard InChI is InChI=1S/C15H10N4S.BrH/c1-2-4-11-7-12(6-5-10(11)3-1)13-8-20-15(18-13)14-16-9-17-19-14;/h1-9H,(H,16,17,19);1H. The average Bonchev–Trinajstić information content (AvgIpc) is 3.17. The van der Waals surface area contributed by atoms with E-state index in [0.717, 1.165) is 16.3 Å². The lowest BCUT2D eigenvalue weighted by atomic mass is 10.1. The zero-order chi connectivity index (χ0) is 13.4. The number of benzene rings is 2. The Kier molecular flexibility index (Phi) is 3.81. The van der Waals surface area contributed by atoms with Crippen molar-refractivity contribution in [1.29, 1.82) is 0 Å². The second-order valence-electron chi connectivity index (χ2n) is 4.43. The SMILES string of the molecule is Br.c1ccc2cc(-c3csc(-c4ncn[nH]4)n3)ccc2c1. The highest BCUT2D eigenvalue weighted by Gasteiger charge is 2.08. The number of hydrogen-bond donors (Lipinski definition) is 1. The summed E-state index contributed by atoms with van der Waals surface area (Å²) >= 11 is 1.56. The summed E-state index contributed by atoms with van der Waals surface area (Å²) in [6.07, 6.45) is 1.49. The van der Waals surface area contributed by atoms with Crippen molar-refractivity contribution < 1.29 is 0 Å². The molecule has 0 amide bonds. The van der Waals surface area contributed by atoms with E-state index in [1.54, 1.807) is 11.3 Å². The number of nitrogens with zero attached hydrogens (tertiary/aromatic N) is 3. The Morgan fingerprint density at radius 3 is 2.67 bits per heavy atom. The predicted molar refractivity (Wildman–Crippen MR) is 90.8 cm³/mol. The minimum Gasteiger partial charge on any atom is -0.257 e. The quantitative estimate of drug-likeness (QED) is 0.580. The molecule has 4 rings (SSSR count).